The minimum absolute atomic E-state index is 0.00633. The second-order valence-electron chi connectivity index (χ2n) is 11.7. The Morgan fingerprint density at radius 3 is 2.06 bits per heavy atom. The van der Waals surface area contributed by atoms with Gasteiger partial charge in [-0.15, -0.1) is 0 Å². The molecular formula is C30H38N4. The summed E-state index contributed by atoms with van der Waals surface area (Å²) in [5.74, 6) is 2.65. The monoisotopic (exact) mass is 454 g/mol. The average molecular weight is 455 g/mol. The molecule has 0 fully saturated rings. The van der Waals surface area contributed by atoms with Crippen LogP contribution in [0.4, 0.5) is 17.2 Å². The lowest BCUT2D eigenvalue weighted by Crippen LogP contribution is -2.60. The lowest BCUT2D eigenvalue weighted by atomic mass is 9.59. The molecule has 0 saturated heterocycles. The van der Waals surface area contributed by atoms with Crippen molar-refractivity contribution in [3.63, 3.8) is 0 Å². The third kappa shape index (κ3) is 2.97. The summed E-state index contributed by atoms with van der Waals surface area (Å²) in [5.41, 5.74) is 7.55. The van der Waals surface area contributed by atoms with Gasteiger partial charge in [0.05, 0.1) is 6.20 Å². The summed E-state index contributed by atoms with van der Waals surface area (Å²) in [6.45, 7) is 18.6. The number of hydrogen-bond acceptors (Lipinski definition) is 4. The van der Waals surface area contributed by atoms with E-state index in [4.69, 9.17) is 9.97 Å². The predicted octanol–water partition coefficient (Wildman–Crippen LogP) is 7.62. The Balaban J connectivity index is 1.77. The van der Waals surface area contributed by atoms with Gasteiger partial charge in [0, 0.05) is 29.1 Å². The van der Waals surface area contributed by atoms with Crippen LogP contribution in [-0.4, -0.2) is 23.2 Å². The van der Waals surface area contributed by atoms with Crippen molar-refractivity contribution in [3.05, 3.63) is 65.4 Å². The van der Waals surface area contributed by atoms with E-state index in [1.807, 2.05) is 6.20 Å². The number of anilines is 3. The second-order valence-corrected chi connectivity index (χ2v) is 11.7. The molecule has 0 saturated carbocycles. The largest absolute Gasteiger partial charge is 0.349 e. The summed E-state index contributed by atoms with van der Waals surface area (Å²) >= 11 is 0. The molecule has 2 aromatic carbocycles. The third-order valence-corrected chi connectivity index (χ3v) is 8.66. The van der Waals surface area contributed by atoms with Crippen molar-refractivity contribution < 1.29 is 0 Å². The highest BCUT2D eigenvalue weighted by Gasteiger charge is 2.57. The summed E-state index contributed by atoms with van der Waals surface area (Å²) < 4.78 is 0. The smallest absolute Gasteiger partial charge is 0.162 e. The van der Waals surface area contributed by atoms with Crippen LogP contribution < -0.4 is 9.80 Å². The van der Waals surface area contributed by atoms with Crippen LogP contribution in [0.5, 0.6) is 0 Å². The molecule has 178 valence electrons. The maximum atomic E-state index is 5.33. The van der Waals surface area contributed by atoms with Crippen molar-refractivity contribution in [3.8, 4) is 11.4 Å². The Hall–Kier alpha value is -2.88. The molecule has 2 aliphatic heterocycles. The van der Waals surface area contributed by atoms with Gasteiger partial charge in [0.25, 0.3) is 0 Å². The van der Waals surface area contributed by atoms with E-state index >= 15 is 0 Å². The molecule has 34 heavy (non-hydrogen) atoms. The van der Waals surface area contributed by atoms with E-state index in [0.717, 1.165) is 17.3 Å². The Morgan fingerprint density at radius 2 is 1.44 bits per heavy atom. The highest BCUT2D eigenvalue weighted by molar-refractivity contribution is 5.85. The Labute approximate surface area is 205 Å². The first kappa shape index (κ1) is 22.9. The molecule has 3 aromatic rings. The number of para-hydroxylation sites is 1. The fourth-order valence-corrected chi connectivity index (χ4v) is 6.08. The lowest BCUT2D eigenvalue weighted by molar-refractivity contribution is 0.143. The van der Waals surface area contributed by atoms with E-state index in [1.54, 1.807) is 0 Å². The zero-order valence-corrected chi connectivity index (χ0v) is 22.1. The highest BCUT2D eigenvalue weighted by Crippen LogP contribution is 2.59. The lowest BCUT2D eigenvalue weighted by Gasteiger charge is -2.55. The van der Waals surface area contributed by atoms with Gasteiger partial charge >= 0.3 is 0 Å². The van der Waals surface area contributed by atoms with Gasteiger partial charge in [-0.05, 0) is 34.6 Å². The molecule has 0 aliphatic carbocycles. The van der Waals surface area contributed by atoms with Gasteiger partial charge in [-0.2, -0.15) is 0 Å². The van der Waals surface area contributed by atoms with Gasteiger partial charge in [-0.3, -0.25) is 0 Å². The topological polar surface area (TPSA) is 32.3 Å². The molecule has 4 heteroatoms. The van der Waals surface area contributed by atoms with Crippen molar-refractivity contribution in [2.24, 2.45) is 5.41 Å². The van der Waals surface area contributed by atoms with E-state index in [2.05, 4.69) is 115 Å². The molecule has 2 aliphatic rings. The fraction of sp³-hybridized carbons (Fsp3) is 0.467. The van der Waals surface area contributed by atoms with Crippen LogP contribution in [0.15, 0.2) is 48.7 Å². The van der Waals surface area contributed by atoms with Crippen molar-refractivity contribution >= 4 is 17.2 Å². The molecule has 4 nitrogen and oxygen atoms in total. The first-order valence-electron chi connectivity index (χ1n) is 12.6. The van der Waals surface area contributed by atoms with Crippen LogP contribution in [0.1, 0.15) is 83.9 Å². The Kier molecular flexibility index (Phi) is 5.09. The molecule has 1 unspecified atom stereocenters. The highest BCUT2D eigenvalue weighted by atomic mass is 15.5. The molecule has 1 aromatic heterocycles. The maximum absolute atomic E-state index is 5.33. The van der Waals surface area contributed by atoms with Gasteiger partial charge in [0.15, 0.2) is 11.6 Å². The van der Waals surface area contributed by atoms with Crippen LogP contribution in [-0.2, 0) is 5.41 Å². The SMILES string of the molecule is CC(C)c1cccc(C(C)C)c1-c1ncc2c(n1)N1c3ccccc3C(C)(C)C(C)(C)C1N2C. The Morgan fingerprint density at radius 1 is 0.824 bits per heavy atom. The van der Waals surface area contributed by atoms with E-state index in [1.165, 1.54) is 27.9 Å². The summed E-state index contributed by atoms with van der Waals surface area (Å²) in [7, 11) is 2.19. The Bertz CT molecular complexity index is 1230. The molecule has 0 amide bonds. The number of aromatic nitrogens is 2. The number of nitrogens with zero attached hydrogens (tertiary/aromatic N) is 4. The molecule has 0 bridgehead atoms. The van der Waals surface area contributed by atoms with Crippen molar-refractivity contribution in [1.29, 1.82) is 0 Å². The van der Waals surface area contributed by atoms with Gasteiger partial charge < -0.3 is 9.80 Å². The molecule has 1 atom stereocenters. The summed E-state index contributed by atoms with van der Waals surface area (Å²) in [6, 6.07) is 15.5. The van der Waals surface area contributed by atoms with Gasteiger partial charge in [-0.1, -0.05) is 91.8 Å². The van der Waals surface area contributed by atoms with Crippen LogP contribution in [0.25, 0.3) is 11.4 Å². The molecular weight excluding hydrogens is 416 g/mol. The number of benzene rings is 2. The second kappa shape index (κ2) is 7.56. The van der Waals surface area contributed by atoms with Crippen LogP contribution in [0.3, 0.4) is 0 Å². The molecule has 0 spiro atoms. The zero-order chi connectivity index (χ0) is 24.6. The average Bonchev–Trinajstić information content (AvgIpc) is 3.10. The summed E-state index contributed by atoms with van der Waals surface area (Å²) in [6.07, 6.45) is 2.21. The molecule has 3 heterocycles. The minimum Gasteiger partial charge on any atom is -0.349 e. The van der Waals surface area contributed by atoms with E-state index < -0.39 is 0 Å². The van der Waals surface area contributed by atoms with Crippen LogP contribution in [0.2, 0.25) is 0 Å². The minimum atomic E-state index is -0.0180. The number of rotatable bonds is 3. The molecule has 0 N–H and O–H groups in total. The van der Waals surface area contributed by atoms with Crippen LogP contribution in [0, 0.1) is 5.41 Å². The van der Waals surface area contributed by atoms with Crippen molar-refractivity contribution in [2.45, 2.75) is 78.8 Å². The first-order chi connectivity index (χ1) is 16.0. The summed E-state index contributed by atoms with van der Waals surface area (Å²) in [5, 5.41) is 0. The number of fused-ring (bicyclic) bond motifs is 5. The van der Waals surface area contributed by atoms with Gasteiger partial charge in [0.1, 0.15) is 11.9 Å². The van der Waals surface area contributed by atoms with Gasteiger partial charge in [-0.25, -0.2) is 9.97 Å². The zero-order valence-electron chi connectivity index (χ0n) is 22.1. The maximum Gasteiger partial charge on any atom is 0.162 e. The number of hydrogen-bond donors (Lipinski definition) is 0. The van der Waals surface area contributed by atoms with E-state index in [-0.39, 0.29) is 17.0 Å². The van der Waals surface area contributed by atoms with Crippen LogP contribution >= 0.6 is 0 Å². The third-order valence-electron chi connectivity index (χ3n) is 8.66. The standard InChI is InChI=1S/C30H38N4/c1-18(2)20-13-12-14-21(19(3)4)25(20)26-31-17-24-27(32-26)34-23-16-11-10-15-22(23)29(5,6)30(7,8)28(34)33(24)9/h10-19,28H,1-9H3. The summed E-state index contributed by atoms with van der Waals surface area (Å²) in [4.78, 5) is 15.2. The molecule has 5 rings (SSSR count). The predicted molar refractivity (Wildman–Crippen MR) is 143 cm³/mol. The normalized spacial score (nSPS) is 19.9. The van der Waals surface area contributed by atoms with Crippen molar-refractivity contribution in [2.75, 3.05) is 16.8 Å². The van der Waals surface area contributed by atoms with E-state index in [0.29, 0.717) is 11.8 Å². The fourth-order valence-electron chi connectivity index (χ4n) is 6.08. The molecule has 0 radical (unpaired) electrons. The quantitative estimate of drug-likeness (QED) is 0.407. The van der Waals surface area contributed by atoms with Gasteiger partial charge in [0.2, 0.25) is 0 Å². The first-order valence-corrected chi connectivity index (χ1v) is 12.6. The van der Waals surface area contributed by atoms with E-state index in [9.17, 15) is 0 Å². The van der Waals surface area contributed by atoms with Crippen molar-refractivity contribution in [1.82, 2.24) is 9.97 Å².